The lowest BCUT2D eigenvalue weighted by atomic mass is 9.75. The Hall–Kier alpha value is -3.09. The number of nitrogens with zero attached hydrogens (tertiary/aromatic N) is 3. The van der Waals surface area contributed by atoms with E-state index in [0.29, 0.717) is 56.5 Å². The summed E-state index contributed by atoms with van der Waals surface area (Å²) in [5, 5.41) is 0. The molecule has 2 bridgehead atoms. The summed E-state index contributed by atoms with van der Waals surface area (Å²) in [4.78, 5) is 34.5. The lowest BCUT2D eigenvalue weighted by molar-refractivity contribution is -0.132. The first-order chi connectivity index (χ1) is 17.6. The molecule has 1 aromatic heterocycles. The summed E-state index contributed by atoms with van der Waals surface area (Å²) >= 11 is 0. The maximum atomic E-state index is 13.5. The number of pyridine rings is 1. The van der Waals surface area contributed by atoms with Crippen molar-refractivity contribution in [1.29, 1.82) is 0 Å². The van der Waals surface area contributed by atoms with Crippen molar-refractivity contribution >= 4 is 11.8 Å². The zero-order chi connectivity index (χ0) is 24.8. The number of ether oxygens (including phenoxy) is 2. The van der Waals surface area contributed by atoms with Gasteiger partial charge in [-0.15, -0.1) is 0 Å². The summed E-state index contributed by atoms with van der Waals surface area (Å²) in [6.07, 6.45) is 11.3. The van der Waals surface area contributed by atoms with Crippen molar-refractivity contribution < 1.29 is 19.1 Å². The highest BCUT2D eigenvalue weighted by atomic mass is 16.5. The molecule has 7 heteroatoms. The maximum absolute atomic E-state index is 13.5. The molecule has 2 amide bonds. The van der Waals surface area contributed by atoms with Gasteiger partial charge in [0.25, 0.3) is 5.91 Å². The summed E-state index contributed by atoms with van der Waals surface area (Å²) in [7, 11) is 0. The van der Waals surface area contributed by atoms with E-state index < -0.39 is 0 Å². The molecule has 7 nitrogen and oxygen atoms in total. The number of fused-ring (bicyclic) bond motifs is 9. The largest absolute Gasteiger partial charge is 0.491 e. The molecule has 2 fully saturated rings. The van der Waals surface area contributed by atoms with Crippen LogP contribution in [0.2, 0.25) is 0 Å². The molecule has 2 aromatic rings. The summed E-state index contributed by atoms with van der Waals surface area (Å²) in [6, 6.07) is 11.3. The van der Waals surface area contributed by atoms with Gasteiger partial charge in [-0.3, -0.25) is 14.6 Å². The molecule has 0 atom stereocenters. The van der Waals surface area contributed by atoms with Crippen molar-refractivity contribution in [3.8, 4) is 11.5 Å². The van der Waals surface area contributed by atoms with Crippen LogP contribution in [0.3, 0.4) is 0 Å². The van der Waals surface area contributed by atoms with Gasteiger partial charge in [0.05, 0.1) is 24.9 Å². The van der Waals surface area contributed by atoms with Gasteiger partial charge < -0.3 is 19.3 Å². The van der Waals surface area contributed by atoms with Crippen molar-refractivity contribution in [2.75, 3.05) is 39.4 Å². The Morgan fingerprint density at radius 2 is 1.86 bits per heavy atom. The highest BCUT2D eigenvalue weighted by molar-refractivity contribution is 5.97. The van der Waals surface area contributed by atoms with E-state index in [1.54, 1.807) is 12.4 Å². The molecule has 4 aliphatic rings. The summed E-state index contributed by atoms with van der Waals surface area (Å²) in [6.45, 7) is 3.72. The zero-order valence-corrected chi connectivity index (χ0v) is 21.1. The molecule has 0 spiro atoms. The number of aromatic nitrogens is 1. The third-order valence-corrected chi connectivity index (χ3v) is 7.93. The first-order valence-electron chi connectivity index (χ1n) is 13.4. The van der Waals surface area contributed by atoms with Crippen molar-refractivity contribution in [2.24, 2.45) is 11.3 Å². The van der Waals surface area contributed by atoms with Crippen LogP contribution < -0.4 is 9.47 Å². The minimum atomic E-state index is 0.00563. The summed E-state index contributed by atoms with van der Waals surface area (Å²) in [5.41, 5.74) is 0.605. The van der Waals surface area contributed by atoms with Crippen LogP contribution >= 0.6 is 0 Å². The minimum Gasteiger partial charge on any atom is -0.491 e. The molecule has 1 saturated carbocycles. The number of hydrogen-bond acceptors (Lipinski definition) is 5. The standard InChI is InChI=1S/C29H37N3O4/c33-27(20-23-9-10-23)31-15-4-3-11-29(22-36-24-6-5-14-30-21-24)12-16-32(17-13-29)28(34)25-7-1-2-8-26(25)35-19-18-31/h1-2,5-8,14,21,23H,3-4,9-13,15-20,22H2. The van der Waals surface area contributed by atoms with Crippen molar-refractivity contribution in [1.82, 2.24) is 14.8 Å². The number of benzene rings is 1. The van der Waals surface area contributed by atoms with Gasteiger partial charge in [0.2, 0.25) is 5.91 Å². The zero-order valence-electron chi connectivity index (χ0n) is 21.1. The van der Waals surface area contributed by atoms with E-state index in [9.17, 15) is 9.59 Å². The van der Waals surface area contributed by atoms with E-state index in [1.807, 2.05) is 46.2 Å². The van der Waals surface area contributed by atoms with Crippen LogP contribution in [0.4, 0.5) is 0 Å². The molecular weight excluding hydrogens is 454 g/mol. The number of carbonyl (C=O) groups is 2. The molecule has 192 valence electrons. The Morgan fingerprint density at radius 1 is 1.03 bits per heavy atom. The Morgan fingerprint density at radius 3 is 2.64 bits per heavy atom. The van der Waals surface area contributed by atoms with Crippen LogP contribution in [0.5, 0.6) is 11.5 Å². The molecule has 6 rings (SSSR count). The molecule has 1 aromatic carbocycles. The second-order valence-electron chi connectivity index (χ2n) is 10.6. The van der Waals surface area contributed by atoms with Gasteiger partial charge in [-0.05, 0) is 68.7 Å². The highest BCUT2D eigenvalue weighted by Gasteiger charge is 2.37. The third-order valence-electron chi connectivity index (χ3n) is 7.93. The van der Waals surface area contributed by atoms with E-state index in [4.69, 9.17) is 9.47 Å². The van der Waals surface area contributed by atoms with Crippen molar-refractivity contribution in [3.63, 3.8) is 0 Å². The first kappa shape index (κ1) is 24.6. The average molecular weight is 492 g/mol. The summed E-state index contributed by atoms with van der Waals surface area (Å²) in [5.74, 6) is 2.19. The van der Waals surface area contributed by atoms with Crippen LogP contribution in [0, 0.1) is 11.3 Å². The average Bonchev–Trinajstić information content (AvgIpc) is 3.73. The predicted molar refractivity (Wildman–Crippen MR) is 137 cm³/mol. The Bertz CT molecular complexity index is 1030. The number of para-hydroxylation sites is 1. The second-order valence-corrected chi connectivity index (χ2v) is 10.6. The number of piperidine rings is 1. The fourth-order valence-electron chi connectivity index (χ4n) is 5.39. The lowest BCUT2D eigenvalue weighted by Gasteiger charge is -2.42. The number of rotatable bonds is 5. The highest BCUT2D eigenvalue weighted by Crippen LogP contribution is 2.38. The van der Waals surface area contributed by atoms with Gasteiger partial charge >= 0.3 is 0 Å². The van der Waals surface area contributed by atoms with Crippen LogP contribution in [-0.2, 0) is 4.79 Å². The molecule has 36 heavy (non-hydrogen) atoms. The monoisotopic (exact) mass is 491 g/mol. The van der Waals surface area contributed by atoms with Crippen LogP contribution in [0.1, 0.15) is 61.7 Å². The predicted octanol–water partition coefficient (Wildman–Crippen LogP) is 4.57. The Labute approximate surface area is 213 Å². The first-order valence-corrected chi connectivity index (χ1v) is 13.4. The lowest BCUT2D eigenvalue weighted by Crippen LogP contribution is -2.45. The molecule has 0 unspecified atom stereocenters. The van der Waals surface area contributed by atoms with E-state index in [1.165, 1.54) is 12.8 Å². The van der Waals surface area contributed by atoms with E-state index in [-0.39, 0.29) is 17.2 Å². The van der Waals surface area contributed by atoms with E-state index in [0.717, 1.165) is 44.4 Å². The van der Waals surface area contributed by atoms with Gasteiger partial charge in [0.1, 0.15) is 18.1 Å². The number of amides is 2. The molecule has 4 heterocycles. The Balaban J connectivity index is 1.33. The van der Waals surface area contributed by atoms with Gasteiger partial charge in [-0.1, -0.05) is 18.6 Å². The van der Waals surface area contributed by atoms with Crippen molar-refractivity contribution in [2.45, 2.75) is 51.4 Å². The SMILES string of the molecule is O=C(CC1CC1)N1CCCCC2(COc3cccnc3)CCN(CC2)C(=O)c2ccccc2OCC1. The van der Waals surface area contributed by atoms with Gasteiger partial charge in [0, 0.05) is 37.7 Å². The van der Waals surface area contributed by atoms with Gasteiger partial charge in [-0.2, -0.15) is 0 Å². The van der Waals surface area contributed by atoms with Gasteiger partial charge in [0.15, 0.2) is 0 Å². The smallest absolute Gasteiger partial charge is 0.257 e. The van der Waals surface area contributed by atoms with Crippen LogP contribution in [0.15, 0.2) is 48.8 Å². The molecular formula is C29H37N3O4. The second kappa shape index (κ2) is 11.3. The molecule has 0 N–H and O–H groups in total. The molecule has 0 radical (unpaired) electrons. The van der Waals surface area contributed by atoms with Crippen LogP contribution in [-0.4, -0.2) is 66.0 Å². The van der Waals surface area contributed by atoms with E-state index in [2.05, 4.69) is 4.98 Å². The van der Waals surface area contributed by atoms with Gasteiger partial charge in [-0.25, -0.2) is 0 Å². The normalized spacial score (nSPS) is 20.6. The Kier molecular flexibility index (Phi) is 7.73. The van der Waals surface area contributed by atoms with Crippen molar-refractivity contribution in [3.05, 3.63) is 54.4 Å². The van der Waals surface area contributed by atoms with Crippen LogP contribution in [0.25, 0.3) is 0 Å². The van der Waals surface area contributed by atoms with E-state index >= 15 is 0 Å². The minimum absolute atomic E-state index is 0.00563. The molecule has 3 aliphatic heterocycles. The maximum Gasteiger partial charge on any atom is 0.257 e. The fourth-order valence-corrected chi connectivity index (χ4v) is 5.39. The summed E-state index contributed by atoms with van der Waals surface area (Å²) < 4.78 is 12.3. The molecule has 1 saturated heterocycles. The quantitative estimate of drug-likeness (QED) is 0.613. The fraction of sp³-hybridized carbons (Fsp3) is 0.552. The molecule has 1 aliphatic carbocycles. The number of carbonyl (C=O) groups excluding carboxylic acids is 2. The topological polar surface area (TPSA) is 72.0 Å². The number of hydrogen-bond donors (Lipinski definition) is 0. The third kappa shape index (κ3) is 6.18.